The Morgan fingerprint density at radius 3 is 2.45 bits per heavy atom. The lowest BCUT2D eigenvalue weighted by atomic mass is 10.1. The van der Waals surface area contributed by atoms with Crippen LogP contribution in [0.5, 0.6) is 11.5 Å². The van der Waals surface area contributed by atoms with Gasteiger partial charge in [-0.25, -0.2) is 0 Å². The number of carbonyl (C=O) groups excluding carboxylic acids is 1. The van der Waals surface area contributed by atoms with E-state index in [0.717, 1.165) is 48.5 Å². The lowest BCUT2D eigenvalue weighted by molar-refractivity contribution is -0.118. The average molecular weight is 393 g/mol. The smallest absolute Gasteiger partial charge is 0.262 e. The second-order valence-electron chi connectivity index (χ2n) is 6.77. The molecule has 0 aliphatic carbocycles. The van der Waals surface area contributed by atoms with Gasteiger partial charge in [-0.2, -0.15) is 5.10 Å². The molecule has 1 amide bonds. The fourth-order valence-corrected chi connectivity index (χ4v) is 3.08. The van der Waals surface area contributed by atoms with E-state index in [4.69, 9.17) is 9.47 Å². The molecule has 6 heteroatoms. The van der Waals surface area contributed by atoms with Crippen molar-refractivity contribution in [2.75, 3.05) is 19.0 Å². The zero-order chi connectivity index (χ0) is 20.5. The molecule has 0 atom stereocenters. The van der Waals surface area contributed by atoms with Crippen molar-refractivity contribution < 1.29 is 14.3 Å². The standard InChI is InChI=1S/C23H27N3O3/c1-3-7-20-23(24-22(27)16-29-19-8-5-4-6-9-19)21(26-25-20)15-12-17-10-13-18(28-2)14-11-17/h4-6,8-11,13-14H,3,7,12,15-16H2,1-2H3,(H,24,27)(H,25,26). The largest absolute Gasteiger partial charge is 0.497 e. The molecule has 0 bridgehead atoms. The summed E-state index contributed by atoms with van der Waals surface area (Å²) in [6.45, 7) is 2.06. The fraction of sp³-hybridized carbons (Fsp3) is 0.304. The van der Waals surface area contributed by atoms with E-state index in [-0.39, 0.29) is 12.5 Å². The number of aromatic amines is 1. The first-order chi connectivity index (χ1) is 14.2. The molecule has 1 aromatic heterocycles. The fourth-order valence-electron chi connectivity index (χ4n) is 3.08. The molecule has 0 aliphatic heterocycles. The first-order valence-corrected chi connectivity index (χ1v) is 9.86. The molecule has 152 valence electrons. The zero-order valence-corrected chi connectivity index (χ0v) is 16.9. The number of carbonyl (C=O) groups is 1. The van der Waals surface area contributed by atoms with Crippen molar-refractivity contribution >= 4 is 11.6 Å². The van der Waals surface area contributed by atoms with Gasteiger partial charge in [-0.15, -0.1) is 0 Å². The molecule has 0 saturated heterocycles. The van der Waals surface area contributed by atoms with E-state index >= 15 is 0 Å². The molecule has 0 saturated carbocycles. The summed E-state index contributed by atoms with van der Waals surface area (Å²) < 4.78 is 10.8. The Morgan fingerprint density at radius 2 is 1.76 bits per heavy atom. The summed E-state index contributed by atoms with van der Waals surface area (Å²) in [7, 11) is 1.66. The van der Waals surface area contributed by atoms with E-state index in [0.29, 0.717) is 5.75 Å². The normalized spacial score (nSPS) is 10.6. The van der Waals surface area contributed by atoms with Gasteiger partial charge in [0.25, 0.3) is 5.91 Å². The maximum atomic E-state index is 12.4. The van der Waals surface area contributed by atoms with Crippen molar-refractivity contribution in [3.63, 3.8) is 0 Å². The van der Waals surface area contributed by atoms with Crippen LogP contribution in [0.2, 0.25) is 0 Å². The van der Waals surface area contributed by atoms with Crippen LogP contribution in [0, 0.1) is 0 Å². The summed E-state index contributed by atoms with van der Waals surface area (Å²) in [5.41, 5.74) is 3.78. The number of rotatable bonds is 10. The molecule has 0 fully saturated rings. The van der Waals surface area contributed by atoms with Crippen LogP contribution in [0.4, 0.5) is 5.69 Å². The monoisotopic (exact) mass is 393 g/mol. The Morgan fingerprint density at radius 1 is 1.00 bits per heavy atom. The number of aromatic nitrogens is 2. The van der Waals surface area contributed by atoms with Crippen LogP contribution >= 0.6 is 0 Å². The first-order valence-electron chi connectivity index (χ1n) is 9.86. The van der Waals surface area contributed by atoms with E-state index in [1.165, 1.54) is 5.56 Å². The molecule has 29 heavy (non-hydrogen) atoms. The Labute approximate surface area is 171 Å². The lowest BCUT2D eigenvalue weighted by Crippen LogP contribution is -2.21. The number of nitrogens with zero attached hydrogens (tertiary/aromatic N) is 1. The highest BCUT2D eigenvalue weighted by Gasteiger charge is 2.16. The van der Waals surface area contributed by atoms with Gasteiger partial charge >= 0.3 is 0 Å². The Bertz CT molecular complexity index is 905. The molecular weight excluding hydrogens is 366 g/mol. The predicted molar refractivity (Wildman–Crippen MR) is 114 cm³/mol. The number of para-hydroxylation sites is 1. The summed E-state index contributed by atoms with van der Waals surface area (Å²) in [6.07, 6.45) is 3.33. The number of amides is 1. The van der Waals surface area contributed by atoms with Crippen LogP contribution < -0.4 is 14.8 Å². The van der Waals surface area contributed by atoms with Gasteiger partial charge in [-0.05, 0) is 49.1 Å². The molecular formula is C23H27N3O3. The van der Waals surface area contributed by atoms with Gasteiger partial charge < -0.3 is 14.8 Å². The van der Waals surface area contributed by atoms with Crippen molar-refractivity contribution in [2.45, 2.75) is 32.6 Å². The van der Waals surface area contributed by atoms with Crippen LogP contribution in [-0.4, -0.2) is 29.8 Å². The third kappa shape index (κ3) is 5.85. The van der Waals surface area contributed by atoms with E-state index in [1.807, 2.05) is 54.6 Å². The third-order valence-electron chi connectivity index (χ3n) is 4.60. The number of aryl methyl sites for hydroxylation is 3. The highest BCUT2D eigenvalue weighted by molar-refractivity contribution is 5.93. The molecule has 0 spiro atoms. The molecule has 1 heterocycles. The minimum atomic E-state index is -0.196. The van der Waals surface area contributed by atoms with Crippen molar-refractivity contribution in [1.82, 2.24) is 10.2 Å². The Balaban J connectivity index is 1.64. The molecule has 0 aliphatic rings. The summed E-state index contributed by atoms with van der Waals surface area (Å²) in [5, 5.41) is 10.5. The maximum Gasteiger partial charge on any atom is 0.262 e. The second kappa shape index (κ2) is 10.3. The zero-order valence-electron chi connectivity index (χ0n) is 16.9. The molecule has 2 aromatic carbocycles. The lowest BCUT2D eigenvalue weighted by Gasteiger charge is -2.10. The number of anilines is 1. The Hall–Kier alpha value is -3.28. The second-order valence-corrected chi connectivity index (χ2v) is 6.77. The molecule has 3 aromatic rings. The van der Waals surface area contributed by atoms with Crippen molar-refractivity contribution in [3.8, 4) is 11.5 Å². The van der Waals surface area contributed by atoms with Gasteiger partial charge in [0.05, 0.1) is 24.2 Å². The molecule has 0 unspecified atom stereocenters. The van der Waals surface area contributed by atoms with Crippen molar-refractivity contribution in [2.24, 2.45) is 0 Å². The number of hydrogen-bond acceptors (Lipinski definition) is 4. The van der Waals surface area contributed by atoms with E-state index in [1.54, 1.807) is 7.11 Å². The van der Waals surface area contributed by atoms with Crippen LogP contribution in [0.1, 0.15) is 30.3 Å². The van der Waals surface area contributed by atoms with Crippen LogP contribution in [0.3, 0.4) is 0 Å². The van der Waals surface area contributed by atoms with Crippen molar-refractivity contribution in [1.29, 1.82) is 0 Å². The number of benzene rings is 2. The summed E-state index contributed by atoms with van der Waals surface area (Å²) in [5.74, 6) is 1.31. The summed E-state index contributed by atoms with van der Waals surface area (Å²) in [4.78, 5) is 12.4. The van der Waals surface area contributed by atoms with E-state index in [2.05, 4.69) is 22.4 Å². The number of hydrogen-bond donors (Lipinski definition) is 2. The summed E-state index contributed by atoms with van der Waals surface area (Å²) >= 11 is 0. The topological polar surface area (TPSA) is 76.2 Å². The number of methoxy groups -OCH3 is 1. The SMILES string of the molecule is CCCc1[nH]nc(CCc2ccc(OC)cc2)c1NC(=O)COc1ccccc1. The van der Waals surface area contributed by atoms with Gasteiger partial charge in [0.15, 0.2) is 6.61 Å². The first kappa shape index (κ1) is 20.5. The van der Waals surface area contributed by atoms with E-state index in [9.17, 15) is 4.79 Å². The van der Waals surface area contributed by atoms with Crippen molar-refractivity contribution in [3.05, 3.63) is 71.5 Å². The van der Waals surface area contributed by atoms with E-state index < -0.39 is 0 Å². The van der Waals surface area contributed by atoms with Gasteiger partial charge in [-0.3, -0.25) is 9.89 Å². The molecule has 0 radical (unpaired) electrons. The highest BCUT2D eigenvalue weighted by atomic mass is 16.5. The number of nitrogens with one attached hydrogen (secondary N) is 2. The van der Waals surface area contributed by atoms with Gasteiger partial charge in [-0.1, -0.05) is 43.7 Å². The van der Waals surface area contributed by atoms with Gasteiger partial charge in [0.1, 0.15) is 11.5 Å². The number of ether oxygens (including phenoxy) is 2. The van der Waals surface area contributed by atoms with Gasteiger partial charge in [0.2, 0.25) is 0 Å². The quantitative estimate of drug-likeness (QED) is 0.542. The summed E-state index contributed by atoms with van der Waals surface area (Å²) in [6, 6.07) is 17.3. The minimum absolute atomic E-state index is 0.0430. The Kier molecular flexibility index (Phi) is 7.28. The molecule has 3 rings (SSSR count). The molecule has 2 N–H and O–H groups in total. The van der Waals surface area contributed by atoms with Crippen LogP contribution in [0.15, 0.2) is 54.6 Å². The number of H-pyrrole nitrogens is 1. The van der Waals surface area contributed by atoms with Crippen LogP contribution in [-0.2, 0) is 24.1 Å². The molecule has 6 nitrogen and oxygen atoms in total. The van der Waals surface area contributed by atoms with Crippen LogP contribution in [0.25, 0.3) is 0 Å². The average Bonchev–Trinajstić information content (AvgIpc) is 3.13. The van der Waals surface area contributed by atoms with Gasteiger partial charge in [0, 0.05) is 0 Å². The third-order valence-corrected chi connectivity index (χ3v) is 4.60. The minimum Gasteiger partial charge on any atom is -0.497 e. The highest BCUT2D eigenvalue weighted by Crippen LogP contribution is 2.22. The maximum absolute atomic E-state index is 12.4. The predicted octanol–water partition coefficient (Wildman–Crippen LogP) is 4.17.